The molecule has 2 rings (SSSR count). The minimum Gasteiger partial charge on any atom is -0.352 e. The maximum atomic E-state index is 14.4. The zero-order valence-corrected chi connectivity index (χ0v) is 43.9. The number of carbonyl (C=O) groups is 7. The average molecular weight is 982 g/mol. The first-order chi connectivity index (χ1) is 32.0. The number of nitrogens with two attached hydrogens (primary N) is 1. The minimum atomic E-state index is -4.47. The Morgan fingerprint density at radius 3 is 1.96 bits per heavy atom. The van der Waals surface area contributed by atoms with Gasteiger partial charge in [-0.25, -0.2) is 17.9 Å². The van der Waals surface area contributed by atoms with Crippen molar-refractivity contribution in [3.63, 3.8) is 0 Å². The molecule has 8 amide bonds. The molecule has 0 spiro atoms. The van der Waals surface area contributed by atoms with E-state index in [2.05, 4.69) is 36.6 Å². The molecule has 19 heteroatoms. The summed E-state index contributed by atoms with van der Waals surface area (Å²) in [5.41, 5.74) is 5.44. The molecule has 69 heavy (non-hydrogen) atoms. The second-order valence-electron chi connectivity index (χ2n) is 19.8. The van der Waals surface area contributed by atoms with Crippen molar-refractivity contribution in [2.24, 2.45) is 23.0 Å². The molecule has 2 aromatic rings. The number of hydrogen-bond donors (Lipinski definition) is 8. The lowest BCUT2D eigenvalue weighted by molar-refractivity contribution is -0.141. The molecule has 2 aromatic carbocycles. The van der Waals surface area contributed by atoms with Gasteiger partial charge in [-0.3, -0.25) is 28.8 Å². The van der Waals surface area contributed by atoms with Crippen molar-refractivity contribution in [2.75, 3.05) is 26.0 Å². The van der Waals surface area contributed by atoms with Crippen LogP contribution in [0.15, 0.2) is 65.1 Å². The summed E-state index contributed by atoms with van der Waals surface area (Å²) in [6, 6.07) is 8.39. The van der Waals surface area contributed by atoms with Gasteiger partial charge >= 0.3 is 6.03 Å². The lowest BCUT2D eigenvalue weighted by Crippen LogP contribution is -2.61. The first kappa shape index (κ1) is 59.3. The summed E-state index contributed by atoms with van der Waals surface area (Å²) in [6.45, 7) is 21.8. The van der Waals surface area contributed by atoms with E-state index in [0.29, 0.717) is 12.0 Å². The Morgan fingerprint density at radius 2 is 1.43 bits per heavy atom. The van der Waals surface area contributed by atoms with Gasteiger partial charge in [0.15, 0.2) is 0 Å². The van der Waals surface area contributed by atoms with Crippen molar-refractivity contribution in [2.45, 2.75) is 156 Å². The summed E-state index contributed by atoms with van der Waals surface area (Å²) in [5.74, 6) is -3.75. The Labute approximate surface area is 410 Å². The van der Waals surface area contributed by atoms with Gasteiger partial charge in [-0.1, -0.05) is 113 Å². The van der Waals surface area contributed by atoms with Crippen LogP contribution in [0, 0.1) is 17.3 Å². The molecule has 9 N–H and O–H groups in total. The second-order valence-corrected chi connectivity index (χ2v) is 21.5. The quantitative estimate of drug-likeness (QED) is 0.0514. The van der Waals surface area contributed by atoms with Gasteiger partial charge in [-0.15, -0.1) is 0 Å². The Balaban J connectivity index is 2.36. The average Bonchev–Trinajstić information content (AvgIpc) is 3.26. The zero-order valence-electron chi connectivity index (χ0n) is 43.1. The van der Waals surface area contributed by atoms with Crippen molar-refractivity contribution >= 4 is 57.2 Å². The Bertz CT molecular complexity index is 2260. The van der Waals surface area contributed by atoms with E-state index < -0.39 is 80.7 Å². The van der Waals surface area contributed by atoms with Crippen LogP contribution in [-0.2, 0) is 50.6 Å². The highest BCUT2D eigenvalue weighted by molar-refractivity contribution is 7.90. The van der Waals surface area contributed by atoms with E-state index in [-0.39, 0.29) is 72.0 Å². The fraction of sp³-hybridized carbons (Fsp3) is 0.580. The largest absolute Gasteiger partial charge is 0.352 e. The number of anilines is 1. The fourth-order valence-electron chi connectivity index (χ4n) is 7.85. The molecule has 0 heterocycles. The Morgan fingerprint density at radius 1 is 0.812 bits per heavy atom. The van der Waals surface area contributed by atoms with Gasteiger partial charge in [0.25, 0.3) is 15.9 Å². The summed E-state index contributed by atoms with van der Waals surface area (Å²) in [4.78, 5) is 94.1. The smallest absolute Gasteiger partial charge is 0.312 e. The van der Waals surface area contributed by atoms with E-state index in [1.807, 2.05) is 85.7 Å². The van der Waals surface area contributed by atoms with Crippen LogP contribution < -0.4 is 42.4 Å². The van der Waals surface area contributed by atoms with Gasteiger partial charge in [0.1, 0.15) is 18.1 Å². The molecule has 0 saturated heterocycles. The lowest BCUT2D eigenvalue weighted by Gasteiger charge is -2.40. The van der Waals surface area contributed by atoms with Crippen LogP contribution in [0.1, 0.15) is 120 Å². The summed E-state index contributed by atoms with van der Waals surface area (Å²) < 4.78 is 29.6. The molecule has 18 nitrogen and oxygen atoms in total. The van der Waals surface area contributed by atoms with Crippen LogP contribution >= 0.6 is 0 Å². The summed E-state index contributed by atoms with van der Waals surface area (Å²) >= 11 is 0. The maximum Gasteiger partial charge on any atom is 0.312 e. The Kier molecular flexibility index (Phi) is 22.6. The number of sulfonamides is 1. The fourth-order valence-corrected chi connectivity index (χ4v) is 8.92. The van der Waals surface area contributed by atoms with E-state index in [1.54, 1.807) is 34.9 Å². The third-order valence-corrected chi connectivity index (χ3v) is 13.4. The van der Waals surface area contributed by atoms with E-state index in [4.69, 9.17) is 5.73 Å². The van der Waals surface area contributed by atoms with E-state index in [9.17, 15) is 42.0 Å². The monoisotopic (exact) mass is 982 g/mol. The predicted octanol–water partition coefficient (Wildman–Crippen LogP) is 4.39. The van der Waals surface area contributed by atoms with Crippen molar-refractivity contribution in [1.82, 2.24) is 36.2 Å². The van der Waals surface area contributed by atoms with Crippen LogP contribution in [0.3, 0.4) is 0 Å². The number of urea groups is 1. The number of rotatable bonds is 25. The topological polar surface area (TPSA) is 267 Å². The molecule has 0 aliphatic rings. The van der Waals surface area contributed by atoms with Crippen LogP contribution in [0.5, 0.6) is 0 Å². The van der Waals surface area contributed by atoms with Crippen molar-refractivity contribution in [1.29, 1.82) is 0 Å². The molecule has 384 valence electrons. The molecular weight excluding hydrogens is 903 g/mol. The highest BCUT2D eigenvalue weighted by atomic mass is 32.2. The molecule has 0 saturated carbocycles. The van der Waals surface area contributed by atoms with Crippen molar-refractivity contribution < 1.29 is 42.0 Å². The lowest BCUT2D eigenvalue weighted by atomic mass is 9.76. The van der Waals surface area contributed by atoms with Gasteiger partial charge in [0.2, 0.25) is 29.5 Å². The molecule has 0 aliphatic heterocycles. The van der Waals surface area contributed by atoms with E-state index in [1.165, 1.54) is 36.1 Å². The summed E-state index contributed by atoms with van der Waals surface area (Å²) in [5, 5.41) is 16.8. The number of hydrogen-bond acceptors (Lipinski definition) is 10. The minimum absolute atomic E-state index is 0.0245. The predicted molar refractivity (Wildman–Crippen MR) is 269 cm³/mol. The number of primary amides is 1. The third kappa shape index (κ3) is 17.3. The summed E-state index contributed by atoms with van der Waals surface area (Å²) in [6.07, 6.45) is 2.93. The molecule has 0 radical (unpaired) electrons. The molecule has 0 bridgehead atoms. The van der Waals surface area contributed by atoms with E-state index in [0.717, 1.165) is 5.56 Å². The first-order valence-corrected chi connectivity index (χ1v) is 25.1. The number of benzene rings is 2. The molecule has 5 atom stereocenters. The Hall–Kier alpha value is -5.82. The van der Waals surface area contributed by atoms with Gasteiger partial charge in [-0.2, -0.15) is 0 Å². The normalized spacial score (nSPS) is 14.4. The van der Waals surface area contributed by atoms with Crippen LogP contribution in [-0.4, -0.2) is 106 Å². The van der Waals surface area contributed by atoms with Gasteiger partial charge < -0.3 is 42.5 Å². The van der Waals surface area contributed by atoms with Crippen LogP contribution in [0.2, 0.25) is 0 Å². The van der Waals surface area contributed by atoms with Gasteiger partial charge in [0, 0.05) is 36.7 Å². The molecule has 0 fully saturated rings. The van der Waals surface area contributed by atoms with Crippen molar-refractivity contribution in [3.05, 3.63) is 71.3 Å². The zero-order chi connectivity index (χ0) is 52.6. The summed E-state index contributed by atoms with van der Waals surface area (Å²) in [7, 11) is -1.19. The highest BCUT2D eigenvalue weighted by Crippen LogP contribution is 2.29. The standard InChI is InChI=1S/C50H79N9O9S/c1-15-21-39(60)56-40(31(5)6)45(63)55-37(24-20-27-53-48(51)66)44(62)54-36-26-25-35(29-33(36)16-2)69(67,68)58-43(61)32(7)28-38(30(3)4)59(14)47(65)42(49(8,9)10)57-46(64)41(52-13)50(11,12)34-22-18-17-19-23-34/h17-19,22-23,25-26,28-31,37-38,40-42,52H,15-16,20-21,24,27H2,1-14H3,(H,54,62)(H,55,63)(H,56,60)(H,57,64)(H,58,61)(H3,51,53,66)/b32-28+/t37-,38+,40?,41+,42?/m0/s1. The number of carbonyl (C=O) groups excluding carboxylic acids is 7. The number of amides is 8. The SMILES string of the molecule is CCCC(=O)NC(C(=O)N[C@@H](CCCNC(N)=O)C(=O)Nc1ccc(S(=O)(=O)NC(=O)/C(C)=C/[C@H](C(C)C)N(C)C(=O)C(NC(=O)[C@@H](NC)C(C)(C)c2ccccc2)C(C)(C)C)cc1CC)C(C)C. The van der Waals surface area contributed by atoms with Gasteiger partial charge in [0.05, 0.1) is 17.0 Å². The first-order valence-electron chi connectivity index (χ1n) is 23.7. The van der Waals surface area contributed by atoms with Crippen LogP contribution in [0.25, 0.3) is 0 Å². The second kappa shape index (κ2) is 26.2. The highest BCUT2D eigenvalue weighted by Gasteiger charge is 2.42. The number of likely N-dealkylation sites (N-methyl/N-ethyl adjacent to an activating group) is 2. The molecule has 0 aromatic heterocycles. The number of aryl methyl sites for hydroxylation is 1. The number of nitrogens with one attached hydrogen (secondary N) is 7. The molecule has 2 unspecified atom stereocenters. The van der Waals surface area contributed by atoms with Gasteiger partial charge in [-0.05, 0) is 86.2 Å². The molecule has 0 aliphatic carbocycles. The van der Waals surface area contributed by atoms with Crippen molar-refractivity contribution in [3.8, 4) is 0 Å². The molecular formula is C50H79N9O9S. The maximum absolute atomic E-state index is 14.4. The number of nitrogens with zero attached hydrogens (tertiary/aromatic N) is 1. The van der Waals surface area contributed by atoms with E-state index >= 15 is 0 Å². The van der Waals surface area contributed by atoms with Crippen LogP contribution in [0.4, 0.5) is 10.5 Å². The third-order valence-electron chi connectivity index (χ3n) is 12.0.